The van der Waals surface area contributed by atoms with Gasteiger partial charge in [-0.3, -0.25) is 9.48 Å². The van der Waals surface area contributed by atoms with E-state index in [9.17, 15) is 4.79 Å². The van der Waals surface area contributed by atoms with Gasteiger partial charge in [0.25, 0.3) is 0 Å². The van der Waals surface area contributed by atoms with Crippen molar-refractivity contribution in [3.8, 4) is 0 Å². The number of rotatable bonds is 5. The van der Waals surface area contributed by atoms with E-state index in [1.165, 1.54) is 12.8 Å². The second kappa shape index (κ2) is 4.80. The minimum absolute atomic E-state index is 0.705. The Hall–Kier alpha value is -1.12. The Balaban J connectivity index is 2.56. The van der Waals surface area contributed by atoms with E-state index in [1.54, 1.807) is 6.20 Å². The van der Waals surface area contributed by atoms with Crippen molar-refractivity contribution >= 4 is 6.29 Å². The Bertz CT molecular complexity index is 278. The zero-order valence-corrected chi connectivity index (χ0v) is 8.29. The summed E-state index contributed by atoms with van der Waals surface area (Å²) in [5, 5.41) is 4.14. The van der Waals surface area contributed by atoms with Gasteiger partial charge in [0.1, 0.15) is 0 Å². The summed E-state index contributed by atoms with van der Waals surface area (Å²) in [5.74, 6) is 0. The van der Waals surface area contributed by atoms with Crippen LogP contribution < -0.4 is 0 Å². The van der Waals surface area contributed by atoms with Crippen LogP contribution >= 0.6 is 0 Å². The third-order valence-electron chi connectivity index (χ3n) is 2.24. The van der Waals surface area contributed by atoms with Crippen LogP contribution in [0.1, 0.15) is 42.2 Å². The van der Waals surface area contributed by atoms with Gasteiger partial charge in [0.05, 0.1) is 11.8 Å². The number of nitrogens with zero attached hydrogens (tertiary/aromatic N) is 2. The second-order valence-corrected chi connectivity index (χ2v) is 3.23. The first-order valence-electron chi connectivity index (χ1n) is 4.77. The molecule has 0 aromatic carbocycles. The predicted molar refractivity (Wildman–Crippen MR) is 51.9 cm³/mol. The van der Waals surface area contributed by atoms with E-state index in [2.05, 4.69) is 12.0 Å². The summed E-state index contributed by atoms with van der Waals surface area (Å²) >= 11 is 0. The highest BCUT2D eigenvalue weighted by molar-refractivity contribution is 5.75. The highest BCUT2D eigenvalue weighted by atomic mass is 16.1. The van der Waals surface area contributed by atoms with Crippen molar-refractivity contribution in [3.63, 3.8) is 0 Å². The van der Waals surface area contributed by atoms with E-state index in [0.717, 1.165) is 24.9 Å². The van der Waals surface area contributed by atoms with Gasteiger partial charge in [0.2, 0.25) is 0 Å². The van der Waals surface area contributed by atoms with Crippen molar-refractivity contribution in [3.05, 3.63) is 17.5 Å². The number of aryl methyl sites for hydroxylation is 1. The molecule has 0 atom stereocenters. The Morgan fingerprint density at radius 1 is 1.54 bits per heavy atom. The third-order valence-corrected chi connectivity index (χ3v) is 2.24. The Kier molecular flexibility index (Phi) is 3.68. The highest BCUT2D eigenvalue weighted by Gasteiger charge is 2.03. The van der Waals surface area contributed by atoms with Crippen LogP contribution in [-0.2, 0) is 6.54 Å². The van der Waals surface area contributed by atoms with Crippen LogP contribution in [-0.4, -0.2) is 16.1 Å². The third kappa shape index (κ3) is 2.41. The summed E-state index contributed by atoms with van der Waals surface area (Å²) < 4.78 is 1.90. The van der Waals surface area contributed by atoms with Crippen LogP contribution in [0.5, 0.6) is 0 Å². The molecule has 0 aliphatic heterocycles. The lowest BCUT2D eigenvalue weighted by atomic mass is 10.2. The zero-order chi connectivity index (χ0) is 9.68. The minimum atomic E-state index is 0.705. The van der Waals surface area contributed by atoms with Crippen LogP contribution in [0.25, 0.3) is 0 Å². The summed E-state index contributed by atoms with van der Waals surface area (Å²) in [7, 11) is 0. The maximum Gasteiger partial charge on any atom is 0.153 e. The Morgan fingerprint density at radius 2 is 2.31 bits per heavy atom. The standard InChI is InChI=1S/C10H16N2O/c1-3-4-5-6-12-9(2)10(8-13)7-11-12/h7-8H,3-6H2,1-2H3. The summed E-state index contributed by atoms with van der Waals surface area (Å²) in [4.78, 5) is 10.5. The topological polar surface area (TPSA) is 34.9 Å². The summed E-state index contributed by atoms with van der Waals surface area (Å²) in [6.45, 7) is 5.03. The average Bonchev–Trinajstić information content (AvgIpc) is 2.48. The minimum Gasteiger partial charge on any atom is -0.298 e. The van der Waals surface area contributed by atoms with Crippen LogP contribution in [0.15, 0.2) is 6.20 Å². The summed E-state index contributed by atoms with van der Waals surface area (Å²) in [6.07, 6.45) is 6.06. The van der Waals surface area contributed by atoms with Gasteiger partial charge in [-0.05, 0) is 13.3 Å². The fraction of sp³-hybridized carbons (Fsp3) is 0.600. The molecule has 1 aromatic heterocycles. The fourth-order valence-corrected chi connectivity index (χ4v) is 1.31. The van der Waals surface area contributed by atoms with Gasteiger partial charge in [-0.25, -0.2) is 0 Å². The quantitative estimate of drug-likeness (QED) is 0.514. The van der Waals surface area contributed by atoms with Gasteiger partial charge >= 0.3 is 0 Å². The molecule has 0 spiro atoms. The molecule has 72 valence electrons. The average molecular weight is 180 g/mol. The molecule has 13 heavy (non-hydrogen) atoms. The van der Waals surface area contributed by atoms with Crippen LogP contribution in [0.3, 0.4) is 0 Å². The molecule has 1 rings (SSSR count). The Labute approximate surface area is 78.8 Å². The zero-order valence-electron chi connectivity index (χ0n) is 8.29. The molecule has 1 aromatic rings. The molecule has 0 fully saturated rings. The van der Waals surface area contributed by atoms with Crippen molar-refractivity contribution in [1.82, 2.24) is 9.78 Å². The van der Waals surface area contributed by atoms with Crippen LogP contribution in [0.2, 0.25) is 0 Å². The predicted octanol–water partition coefficient (Wildman–Crippen LogP) is 2.19. The van der Waals surface area contributed by atoms with Crippen molar-refractivity contribution in [2.24, 2.45) is 0 Å². The maximum absolute atomic E-state index is 10.5. The number of unbranched alkanes of at least 4 members (excludes halogenated alkanes) is 2. The van der Waals surface area contributed by atoms with E-state index >= 15 is 0 Å². The molecule has 0 saturated carbocycles. The largest absolute Gasteiger partial charge is 0.298 e. The molecule has 0 aliphatic carbocycles. The van der Waals surface area contributed by atoms with Crippen molar-refractivity contribution in [2.75, 3.05) is 0 Å². The van der Waals surface area contributed by atoms with Gasteiger partial charge in [-0.15, -0.1) is 0 Å². The van der Waals surface area contributed by atoms with Crippen molar-refractivity contribution < 1.29 is 4.79 Å². The lowest BCUT2D eigenvalue weighted by Gasteiger charge is -2.02. The molecule has 0 unspecified atom stereocenters. The number of carbonyl (C=O) groups is 1. The van der Waals surface area contributed by atoms with E-state index in [1.807, 2.05) is 11.6 Å². The number of hydrogen-bond acceptors (Lipinski definition) is 2. The van der Waals surface area contributed by atoms with E-state index < -0.39 is 0 Å². The van der Waals surface area contributed by atoms with Crippen LogP contribution in [0.4, 0.5) is 0 Å². The molecule has 0 radical (unpaired) electrons. The number of aromatic nitrogens is 2. The monoisotopic (exact) mass is 180 g/mol. The van der Waals surface area contributed by atoms with Gasteiger partial charge in [-0.1, -0.05) is 19.8 Å². The maximum atomic E-state index is 10.5. The first-order chi connectivity index (χ1) is 6.29. The normalized spacial score (nSPS) is 10.3. The van der Waals surface area contributed by atoms with Gasteiger partial charge in [-0.2, -0.15) is 5.10 Å². The molecule has 0 amide bonds. The number of hydrogen-bond donors (Lipinski definition) is 0. The van der Waals surface area contributed by atoms with E-state index in [-0.39, 0.29) is 0 Å². The molecule has 0 saturated heterocycles. The summed E-state index contributed by atoms with van der Waals surface area (Å²) in [6, 6.07) is 0. The van der Waals surface area contributed by atoms with Crippen LogP contribution in [0, 0.1) is 6.92 Å². The fourth-order valence-electron chi connectivity index (χ4n) is 1.31. The molecular weight excluding hydrogens is 164 g/mol. The molecule has 0 bridgehead atoms. The van der Waals surface area contributed by atoms with Crippen molar-refractivity contribution in [2.45, 2.75) is 39.7 Å². The lowest BCUT2D eigenvalue weighted by Crippen LogP contribution is -2.02. The SMILES string of the molecule is CCCCCn1ncc(C=O)c1C. The van der Waals surface area contributed by atoms with E-state index in [4.69, 9.17) is 0 Å². The Morgan fingerprint density at radius 3 is 2.85 bits per heavy atom. The number of carbonyl (C=O) groups excluding carboxylic acids is 1. The smallest absolute Gasteiger partial charge is 0.153 e. The molecule has 3 nitrogen and oxygen atoms in total. The van der Waals surface area contributed by atoms with Gasteiger partial charge < -0.3 is 0 Å². The molecule has 0 aliphatic rings. The van der Waals surface area contributed by atoms with Gasteiger partial charge in [0, 0.05) is 12.2 Å². The number of aldehydes is 1. The lowest BCUT2D eigenvalue weighted by molar-refractivity contribution is 0.112. The molecule has 1 heterocycles. The first-order valence-corrected chi connectivity index (χ1v) is 4.77. The molecule has 0 N–H and O–H groups in total. The molecular formula is C10H16N2O. The molecule has 3 heteroatoms. The van der Waals surface area contributed by atoms with Crippen molar-refractivity contribution in [1.29, 1.82) is 0 Å². The highest BCUT2D eigenvalue weighted by Crippen LogP contribution is 2.06. The van der Waals surface area contributed by atoms with Gasteiger partial charge in [0.15, 0.2) is 6.29 Å². The second-order valence-electron chi connectivity index (χ2n) is 3.23. The summed E-state index contributed by atoms with van der Waals surface area (Å²) in [5.41, 5.74) is 1.68. The first kappa shape index (κ1) is 9.96. The van der Waals surface area contributed by atoms with E-state index in [0.29, 0.717) is 5.56 Å².